The van der Waals surface area contributed by atoms with Crippen LogP contribution in [0, 0.1) is 0 Å². The van der Waals surface area contributed by atoms with Crippen molar-refractivity contribution in [2.75, 3.05) is 20.2 Å². The molecule has 144 valence electrons. The number of likely N-dealkylation sites (N-methyl/N-ethyl adjacent to an activating group) is 1. The molecule has 0 radical (unpaired) electrons. The van der Waals surface area contributed by atoms with Crippen molar-refractivity contribution < 1.29 is 4.74 Å². The maximum Gasteiger partial charge on any atom is 0.126 e. The number of rotatable bonds is 6. The molecule has 0 bridgehead atoms. The third kappa shape index (κ3) is 4.86. The summed E-state index contributed by atoms with van der Waals surface area (Å²) < 4.78 is 6.14. The summed E-state index contributed by atoms with van der Waals surface area (Å²) >= 11 is 1.74. The highest BCUT2D eigenvalue weighted by molar-refractivity contribution is 7.09. The Morgan fingerprint density at radius 2 is 1.62 bits per heavy atom. The van der Waals surface area contributed by atoms with Crippen LogP contribution in [-0.4, -0.2) is 25.2 Å². The van der Waals surface area contributed by atoms with E-state index in [1.54, 1.807) is 11.3 Å². The van der Waals surface area contributed by atoms with E-state index in [1.165, 1.54) is 21.7 Å². The van der Waals surface area contributed by atoms with Gasteiger partial charge >= 0.3 is 0 Å². The van der Waals surface area contributed by atoms with Crippen LogP contribution in [0.2, 0.25) is 0 Å². The number of thiazole rings is 1. The first-order chi connectivity index (χ1) is 12.1. The number of hydrogen-bond donors (Lipinski definition) is 1. The van der Waals surface area contributed by atoms with Gasteiger partial charge in [-0.15, -0.1) is 11.3 Å². The summed E-state index contributed by atoms with van der Waals surface area (Å²) in [4.78, 5) is 4.88. The van der Waals surface area contributed by atoms with Crippen LogP contribution in [0.3, 0.4) is 0 Å². The molecular formula is C22H34N2OS. The van der Waals surface area contributed by atoms with Crippen molar-refractivity contribution in [3.63, 3.8) is 0 Å². The maximum atomic E-state index is 6.14. The number of hydrogen-bond acceptors (Lipinski definition) is 4. The number of benzene rings is 1. The third-order valence-electron chi connectivity index (χ3n) is 4.43. The highest BCUT2D eigenvalue weighted by atomic mass is 32.1. The molecule has 1 aromatic heterocycles. The first-order valence-electron chi connectivity index (χ1n) is 9.49. The average Bonchev–Trinajstić information content (AvgIpc) is 3.00. The largest absolute Gasteiger partial charge is 0.493 e. The minimum atomic E-state index is 0.00545. The van der Waals surface area contributed by atoms with Gasteiger partial charge in [-0.3, -0.25) is 0 Å². The zero-order valence-corrected chi connectivity index (χ0v) is 18.4. The molecule has 1 heterocycles. The second-order valence-electron chi connectivity index (χ2n) is 8.81. The minimum absolute atomic E-state index is 0.00545. The average molecular weight is 375 g/mol. The zero-order valence-electron chi connectivity index (χ0n) is 17.6. The van der Waals surface area contributed by atoms with Crippen molar-refractivity contribution in [2.45, 2.75) is 65.7 Å². The van der Waals surface area contributed by atoms with Crippen molar-refractivity contribution in [1.29, 1.82) is 0 Å². The van der Waals surface area contributed by atoms with Gasteiger partial charge in [0, 0.05) is 35.0 Å². The first-order valence-corrected chi connectivity index (χ1v) is 10.4. The molecule has 0 aliphatic rings. The van der Waals surface area contributed by atoms with Gasteiger partial charge in [0.2, 0.25) is 0 Å². The molecule has 0 amide bonds. The molecule has 0 aliphatic heterocycles. The van der Waals surface area contributed by atoms with Gasteiger partial charge in [0.05, 0.1) is 17.3 Å². The molecule has 0 saturated carbocycles. The molecule has 1 aromatic carbocycles. The maximum absolute atomic E-state index is 6.14. The van der Waals surface area contributed by atoms with Crippen LogP contribution in [0.15, 0.2) is 17.5 Å². The predicted molar refractivity (Wildman–Crippen MR) is 114 cm³/mol. The lowest BCUT2D eigenvalue weighted by atomic mass is 9.78. The number of nitrogens with zero attached hydrogens (tertiary/aromatic N) is 1. The second kappa shape index (κ2) is 8.10. The Bertz CT molecular complexity index is 700. The molecule has 0 spiro atoms. The Kier molecular flexibility index (Phi) is 6.51. The van der Waals surface area contributed by atoms with Crippen LogP contribution in [0.25, 0.3) is 11.3 Å². The Morgan fingerprint density at radius 1 is 1.04 bits per heavy atom. The summed E-state index contributed by atoms with van der Waals surface area (Å²) in [5.41, 5.74) is 4.78. The van der Waals surface area contributed by atoms with Crippen molar-refractivity contribution >= 4 is 11.3 Å². The van der Waals surface area contributed by atoms with Gasteiger partial charge in [0.1, 0.15) is 5.75 Å². The van der Waals surface area contributed by atoms with Crippen LogP contribution >= 0.6 is 11.3 Å². The Balaban J connectivity index is 2.62. The summed E-state index contributed by atoms with van der Waals surface area (Å²) in [5, 5.41) is 6.55. The second-order valence-corrected chi connectivity index (χ2v) is 9.76. The van der Waals surface area contributed by atoms with E-state index in [1.807, 2.05) is 7.05 Å². The minimum Gasteiger partial charge on any atom is -0.493 e. The molecule has 0 saturated heterocycles. The first kappa shape index (κ1) is 20.9. The summed E-state index contributed by atoms with van der Waals surface area (Å²) in [6.07, 6.45) is 0.969. The van der Waals surface area contributed by atoms with E-state index >= 15 is 0 Å². The van der Waals surface area contributed by atoms with Gasteiger partial charge < -0.3 is 10.1 Å². The van der Waals surface area contributed by atoms with Crippen LogP contribution in [0.5, 0.6) is 5.75 Å². The Morgan fingerprint density at radius 3 is 2.08 bits per heavy atom. The molecule has 0 unspecified atom stereocenters. The zero-order chi connectivity index (χ0) is 19.5. The van der Waals surface area contributed by atoms with E-state index in [0.717, 1.165) is 24.4 Å². The Hall–Kier alpha value is -1.39. The van der Waals surface area contributed by atoms with Crippen LogP contribution in [-0.2, 0) is 17.3 Å². The summed E-state index contributed by atoms with van der Waals surface area (Å²) in [6, 6.07) is 4.55. The fraction of sp³-hybridized carbons (Fsp3) is 0.591. The molecule has 26 heavy (non-hydrogen) atoms. The SMILES string of the molecule is CCOc1c(C(C)(C)C)cc(-c2csc(CCNC)n2)cc1C(C)(C)C. The lowest BCUT2D eigenvalue weighted by Gasteiger charge is -2.30. The summed E-state index contributed by atoms with van der Waals surface area (Å²) in [5.74, 6) is 1.04. The molecule has 1 N–H and O–H groups in total. The van der Waals surface area contributed by atoms with E-state index in [-0.39, 0.29) is 10.8 Å². The molecule has 2 rings (SSSR count). The molecule has 0 fully saturated rings. The van der Waals surface area contributed by atoms with E-state index in [2.05, 4.69) is 71.3 Å². The molecular weight excluding hydrogens is 340 g/mol. The smallest absolute Gasteiger partial charge is 0.126 e. The van der Waals surface area contributed by atoms with Crippen LogP contribution in [0.1, 0.15) is 64.6 Å². The van der Waals surface area contributed by atoms with Gasteiger partial charge in [-0.05, 0) is 36.9 Å². The van der Waals surface area contributed by atoms with Crippen LogP contribution < -0.4 is 10.1 Å². The molecule has 4 heteroatoms. The highest BCUT2D eigenvalue weighted by Crippen LogP contribution is 2.42. The van der Waals surface area contributed by atoms with Gasteiger partial charge in [-0.2, -0.15) is 0 Å². The quantitative estimate of drug-likeness (QED) is 0.718. The van der Waals surface area contributed by atoms with Crippen LogP contribution in [0.4, 0.5) is 0 Å². The molecule has 0 atom stereocenters. The fourth-order valence-electron chi connectivity index (χ4n) is 2.98. The lowest BCUT2D eigenvalue weighted by Crippen LogP contribution is -2.20. The predicted octanol–water partition coefficient (Wildman–Crippen LogP) is 5.57. The lowest BCUT2D eigenvalue weighted by molar-refractivity contribution is 0.319. The van der Waals surface area contributed by atoms with Gasteiger partial charge in [-0.25, -0.2) is 4.98 Å². The third-order valence-corrected chi connectivity index (χ3v) is 5.34. The van der Waals surface area contributed by atoms with Gasteiger partial charge in [0.15, 0.2) is 0 Å². The Labute approximate surface area is 163 Å². The van der Waals surface area contributed by atoms with Crippen molar-refractivity contribution in [2.24, 2.45) is 0 Å². The number of ether oxygens (including phenoxy) is 1. The van der Waals surface area contributed by atoms with Crippen molar-refractivity contribution in [3.05, 3.63) is 33.6 Å². The van der Waals surface area contributed by atoms with E-state index in [0.29, 0.717) is 6.61 Å². The monoisotopic (exact) mass is 374 g/mol. The van der Waals surface area contributed by atoms with Crippen molar-refractivity contribution in [3.8, 4) is 17.0 Å². The van der Waals surface area contributed by atoms with Crippen molar-refractivity contribution in [1.82, 2.24) is 10.3 Å². The number of nitrogens with one attached hydrogen (secondary N) is 1. The normalized spacial score (nSPS) is 12.5. The topological polar surface area (TPSA) is 34.1 Å². The standard InChI is InChI=1S/C22H34N2OS/c1-9-25-20-16(21(2,3)4)12-15(13-17(20)22(5,6)7)18-14-26-19(24-18)10-11-23-8/h12-14,23H,9-11H2,1-8H3. The van der Waals surface area contributed by atoms with E-state index in [9.17, 15) is 0 Å². The van der Waals surface area contributed by atoms with E-state index in [4.69, 9.17) is 9.72 Å². The fourth-order valence-corrected chi connectivity index (χ4v) is 3.79. The van der Waals surface area contributed by atoms with E-state index < -0.39 is 0 Å². The summed E-state index contributed by atoms with van der Waals surface area (Å²) in [7, 11) is 1.98. The molecule has 0 aliphatic carbocycles. The molecule has 2 aromatic rings. The van der Waals surface area contributed by atoms with Gasteiger partial charge in [0.25, 0.3) is 0 Å². The number of aromatic nitrogens is 1. The molecule has 3 nitrogen and oxygen atoms in total. The highest BCUT2D eigenvalue weighted by Gasteiger charge is 2.28. The van der Waals surface area contributed by atoms with Gasteiger partial charge in [-0.1, -0.05) is 41.5 Å². The summed E-state index contributed by atoms with van der Waals surface area (Å²) in [6.45, 7) is 17.2.